The van der Waals surface area contributed by atoms with Crippen molar-refractivity contribution in [3.63, 3.8) is 0 Å². The van der Waals surface area contributed by atoms with Gasteiger partial charge in [0.25, 0.3) is 0 Å². The highest BCUT2D eigenvalue weighted by molar-refractivity contribution is 5.92. The van der Waals surface area contributed by atoms with Crippen LogP contribution in [0.15, 0.2) is 12.1 Å². The van der Waals surface area contributed by atoms with Gasteiger partial charge in [0.15, 0.2) is 0 Å². The van der Waals surface area contributed by atoms with Crippen LogP contribution in [0.4, 0.5) is 15.8 Å². The predicted octanol–water partition coefficient (Wildman–Crippen LogP) is 2.03. The topological polar surface area (TPSA) is 73.6 Å². The monoisotopic (exact) mass is 282 g/mol. The smallest absolute Gasteiger partial charge is 0.338 e. The van der Waals surface area contributed by atoms with Crippen LogP contribution in [0.3, 0.4) is 0 Å². The molecule has 1 atom stereocenters. The highest BCUT2D eigenvalue weighted by Gasteiger charge is 2.36. The molecule has 1 unspecified atom stereocenters. The fourth-order valence-corrected chi connectivity index (χ4v) is 2.16. The summed E-state index contributed by atoms with van der Waals surface area (Å²) in [6, 6.07) is 2.57. The molecule has 1 aromatic rings. The Bertz CT molecular complexity index is 531. The van der Waals surface area contributed by atoms with Gasteiger partial charge in [-0.25, -0.2) is 9.18 Å². The maximum Gasteiger partial charge on any atom is 0.338 e. The van der Waals surface area contributed by atoms with Crippen molar-refractivity contribution < 1.29 is 18.7 Å². The first-order valence-corrected chi connectivity index (χ1v) is 6.37. The largest absolute Gasteiger partial charge is 0.465 e. The molecule has 0 aliphatic carbocycles. The van der Waals surface area contributed by atoms with Gasteiger partial charge in [-0.2, -0.15) is 0 Å². The van der Waals surface area contributed by atoms with E-state index in [1.54, 1.807) is 0 Å². The molecule has 20 heavy (non-hydrogen) atoms. The minimum atomic E-state index is -0.646. The zero-order chi connectivity index (χ0) is 14.9. The summed E-state index contributed by atoms with van der Waals surface area (Å²) in [5.74, 6) is -1.25. The van der Waals surface area contributed by atoms with Crippen molar-refractivity contribution in [3.8, 4) is 0 Å². The molecule has 1 heterocycles. The number of methoxy groups -OCH3 is 1. The molecule has 6 heteroatoms. The van der Waals surface area contributed by atoms with Crippen molar-refractivity contribution in [3.05, 3.63) is 23.5 Å². The number of nitrogens with one attached hydrogen (secondary N) is 1. The fourth-order valence-electron chi connectivity index (χ4n) is 2.16. The van der Waals surface area contributed by atoms with Crippen LogP contribution in [0.5, 0.6) is 0 Å². The number of carbonyl (C=O) groups is 1. The van der Waals surface area contributed by atoms with E-state index in [0.717, 1.165) is 6.07 Å². The van der Waals surface area contributed by atoms with E-state index in [4.69, 9.17) is 10.5 Å². The molecule has 1 fully saturated rings. The molecule has 1 saturated heterocycles. The summed E-state index contributed by atoms with van der Waals surface area (Å²) in [6.45, 7) is 5.23. The number of hydrogen-bond donors (Lipinski definition) is 2. The third-order valence-electron chi connectivity index (χ3n) is 3.58. The number of benzene rings is 1. The highest BCUT2D eigenvalue weighted by Crippen LogP contribution is 2.33. The van der Waals surface area contributed by atoms with Crippen LogP contribution in [-0.4, -0.2) is 32.3 Å². The number of halogens is 1. The van der Waals surface area contributed by atoms with E-state index in [-0.39, 0.29) is 22.7 Å². The van der Waals surface area contributed by atoms with E-state index in [1.165, 1.54) is 13.2 Å². The lowest BCUT2D eigenvalue weighted by molar-refractivity contribution is 0.0600. The standard InChI is InChI=1S/C14H19FN2O3/c1-14(2)7-20-6-11(14)17-10-5-8(13(18)19-3)4-9(15)12(10)16/h4-5,11,17H,6-7,16H2,1-3H3. The number of nitrogen functional groups attached to an aromatic ring is 1. The average Bonchev–Trinajstić information content (AvgIpc) is 2.73. The van der Waals surface area contributed by atoms with Gasteiger partial charge in [-0.1, -0.05) is 13.8 Å². The third-order valence-corrected chi connectivity index (χ3v) is 3.58. The van der Waals surface area contributed by atoms with E-state index in [2.05, 4.69) is 10.1 Å². The van der Waals surface area contributed by atoms with Crippen LogP contribution in [-0.2, 0) is 9.47 Å². The molecule has 2 rings (SSSR count). The number of ether oxygens (including phenoxy) is 2. The summed E-state index contributed by atoms with van der Waals surface area (Å²) in [6.07, 6.45) is 0. The lowest BCUT2D eigenvalue weighted by atomic mass is 9.87. The maximum atomic E-state index is 13.8. The molecule has 5 nitrogen and oxygen atoms in total. The molecule has 3 N–H and O–H groups in total. The first-order valence-electron chi connectivity index (χ1n) is 6.37. The van der Waals surface area contributed by atoms with Crippen LogP contribution >= 0.6 is 0 Å². The Morgan fingerprint density at radius 2 is 2.25 bits per heavy atom. The molecule has 1 aromatic carbocycles. The maximum absolute atomic E-state index is 13.8. The molecule has 1 aliphatic rings. The number of rotatable bonds is 3. The first-order chi connectivity index (χ1) is 9.35. The number of anilines is 2. The number of nitrogens with two attached hydrogens (primary N) is 1. The second kappa shape index (κ2) is 5.28. The summed E-state index contributed by atoms with van der Waals surface area (Å²) in [5, 5.41) is 3.16. The Labute approximate surface area is 117 Å². The number of esters is 1. The minimum absolute atomic E-state index is 0.00269. The van der Waals surface area contributed by atoms with Gasteiger partial charge in [0.05, 0.1) is 43.3 Å². The van der Waals surface area contributed by atoms with Crippen LogP contribution < -0.4 is 11.1 Å². The zero-order valence-corrected chi connectivity index (χ0v) is 11.8. The number of carbonyl (C=O) groups excluding carboxylic acids is 1. The van der Waals surface area contributed by atoms with Crippen molar-refractivity contribution in [1.29, 1.82) is 0 Å². The fraction of sp³-hybridized carbons (Fsp3) is 0.500. The molecule has 0 saturated carbocycles. The third kappa shape index (κ3) is 2.70. The lowest BCUT2D eigenvalue weighted by Crippen LogP contribution is -2.35. The first kappa shape index (κ1) is 14.6. The minimum Gasteiger partial charge on any atom is -0.465 e. The van der Waals surface area contributed by atoms with Gasteiger partial charge in [0.1, 0.15) is 5.82 Å². The van der Waals surface area contributed by atoms with Crippen molar-refractivity contribution in [2.24, 2.45) is 5.41 Å². The molecule has 0 radical (unpaired) electrons. The Kier molecular flexibility index (Phi) is 3.85. The van der Waals surface area contributed by atoms with E-state index in [0.29, 0.717) is 18.9 Å². The molecule has 1 aliphatic heterocycles. The van der Waals surface area contributed by atoms with Crippen molar-refractivity contribution in [2.75, 3.05) is 31.4 Å². The molecule has 0 spiro atoms. The normalized spacial score (nSPS) is 20.7. The summed E-state index contributed by atoms with van der Waals surface area (Å²) in [7, 11) is 1.25. The quantitative estimate of drug-likeness (QED) is 0.655. The Balaban J connectivity index is 2.31. The van der Waals surface area contributed by atoms with Gasteiger partial charge in [-0.15, -0.1) is 0 Å². The zero-order valence-electron chi connectivity index (χ0n) is 11.8. The molecular weight excluding hydrogens is 263 g/mol. The van der Waals surface area contributed by atoms with Gasteiger partial charge >= 0.3 is 5.97 Å². The predicted molar refractivity (Wildman–Crippen MR) is 74.2 cm³/mol. The van der Waals surface area contributed by atoms with E-state index in [1.807, 2.05) is 13.8 Å². The molecule has 0 aromatic heterocycles. The molecule has 110 valence electrons. The summed E-state index contributed by atoms with van der Waals surface area (Å²) in [4.78, 5) is 11.5. The SMILES string of the molecule is COC(=O)c1cc(F)c(N)c(NC2COCC2(C)C)c1. The highest BCUT2D eigenvalue weighted by atomic mass is 19.1. The lowest BCUT2D eigenvalue weighted by Gasteiger charge is -2.27. The van der Waals surface area contributed by atoms with E-state index in [9.17, 15) is 9.18 Å². The molecule has 0 amide bonds. The van der Waals surface area contributed by atoms with Crippen LogP contribution in [0.1, 0.15) is 24.2 Å². The van der Waals surface area contributed by atoms with Gasteiger partial charge in [-0.3, -0.25) is 0 Å². The van der Waals surface area contributed by atoms with Crippen LogP contribution in [0.2, 0.25) is 0 Å². The second-order valence-electron chi connectivity index (χ2n) is 5.61. The van der Waals surface area contributed by atoms with Crippen molar-refractivity contribution in [1.82, 2.24) is 0 Å². The van der Waals surface area contributed by atoms with E-state index < -0.39 is 11.8 Å². The van der Waals surface area contributed by atoms with Gasteiger partial charge in [0.2, 0.25) is 0 Å². The second-order valence-corrected chi connectivity index (χ2v) is 5.61. The summed E-state index contributed by atoms with van der Waals surface area (Å²) >= 11 is 0. The van der Waals surface area contributed by atoms with Crippen molar-refractivity contribution >= 4 is 17.3 Å². The number of hydrogen-bond acceptors (Lipinski definition) is 5. The molecular formula is C14H19FN2O3. The van der Waals surface area contributed by atoms with Crippen molar-refractivity contribution in [2.45, 2.75) is 19.9 Å². The van der Waals surface area contributed by atoms with Crippen LogP contribution in [0.25, 0.3) is 0 Å². The molecule has 0 bridgehead atoms. The average molecular weight is 282 g/mol. The summed E-state index contributed by atoms with van der Waals surface area (Å²) < 4.78 is 23.8. The van der Waals surface area contributed by atoms with Gasteiger partial charge < -0.3 is 20.5 Å². The summed E-state index contributed by atoms with van der Waals surface area (Å²) in [5.41, 5.74) is 6.13. The van der Waals surface area contributed by atoms with Gasteiger partial charge in [-0.05, 0) is 12.1 Å². The van der Waals surface area contributed by atoms with Gasteiger partial charge in [0, 0.05) is 5.41 Å². The Morgan fingerprint density at radius 1 is 1.55 bits per heavy atom. The van der Waals surface area contributed by atoms with Crippen LogP contribution in [0, 0.1) is 11.2 Å². The Hall–Kier alpha value is -1.82. The van der Waals surface area contributed by atoms with E-state index >= 15 is 0 Å². The Morgan fingerprint density at radius 3 is 2.80 bits per heavy atom.